The summed E-state index contributed by atoms with van der Waals surface area (Å²) in [6.07, 6.45) is 0.360. The third kappa shape index (κ3) is 3.60. The fourth-order valence-corrected chi connectivity index (χ4v) is 3.23. The second-order valence-electron chi connectivity index (χ2n) is 6.30. The number of hydrogen-bond donors (Lipinski definition) is 2. The van der Waals surface area contributed by atoms with Crippen LogP contribution in [0.3, 0.4) is 0 Å². The van der Waals surface area contributed by atoms with Crippen LogP contribution in [-0.4, -0.2) is 31.3 Å². The molecular formula is C20H23NO5. The number of hydrogen-bond acceptors (Lipinski definition) is 5. The highest BCUT2D eigenvalue weighted by molar-refractivity contribution is 5.75. The van der Waals surface area contributed by atoms with Gasteiger partial charge >= 0.3 is 5.97 Å². The van der Waals surface area contributed by atoms with Crippen LogP contribution in [0.15, 0.2) is 30.3 Å². The molecule has 0 aliphatic carbocycles. The van der Waals surface area contributed by atoms with Crippen LogP contribution in [-0.2, 0) is 24.4 Å². The van der Waals surface area contributed by atoms with Gasteiger partial charge in [0.15, 0.2) is 11.5 Å². The van der Waals surface area contributed by atoms with Crippen molar-refractivity contribution in [2.45, 2.75) is 32.5 Å². The minimum Gasteiger partial charge on any atom is -0.496 e. The number of carboxylic acids is 1. The number of nitrogens with one attached hydrogen (secondary N) is 1. The number of benzene rings is 2. The standard InChI is InChI=1S/C20H23NO5/c1-12-8-13(4-6-17(12)24-2)11-26-19-15-9-16(20(22)23)21-10-14(15)5-7-18(19)25-3/h4-8,16,21H,9-11H2,1-3H3,(H,22,23). The van der Waals surface area contributed by atoms with Crippen molar-refractivity contribution in [1.82, 2.24) is 5.32 Å². The first-order valence-corrected chi connectivity index (χ1v) is 8.44. The first kappa shape index (κ1) is 18.1. The fraction of sp³-hybridized carbons (Fsp3) is 0.350. The van der Waals surface area contributed by atoms with Crippen LogP contribution in [0.4, 0.5) is 0 Å². The number of fused-ring (bicyclic) bond motifs is 1. The predicted molar refractivity (Wildman–Crippen MR) is 97.0 cm³/mol. The molecule has 1 atom stereocenters. The molecule has 1 unspecified atom stereocenters. The zero-order chi connectivity index (χ0) is 18.7. The van der Waals surface area contributed by atoms with E-state index in [1.807, 2.05) is 37.3 Å². The summed E-state index contributed by atoms with van der Waals surface area (Å²) in [6.45, 7) is 2.84. The largest absolute Gasteiger partial charge is 0.496 e. The van der Waals surface area contributed by atoms with Gasteiger partial charge in [0.25, 0.3) is 0 Å². The summed E-state index contributed by atoms with van der Waals surface area (Å²) in [5, 5.41) is 12.3. The highest BCUT2D eigenvalue weighted by atomic mass is 16.5. The summed E-state index contributed by atoms with van der Waals surface area (Å²) in [4.78, 5) is 11.4. The van der Waals surface area contributed by atoms with Crippen molar-refractivity contribution in [2.24, 2.45) is 0 Å². The Morgan fingerprint density at radius 1 is 1.19 bits per heavy atom. The lowest BCUT2D eigenvalue weighted by Gasteiger charge is -2.26. The van der Waals surface area contributed by atoms with E-state index in [9.17, 15) is 9.90 Å². The van der Waals surface area contributed by atoms with Gasteiger partial charge in [0.2, 0.25) is 0 Å². The Bertz CT molecular complexity index is 818. The molecule has 0 spiro atoms. The Kier molecular flexibility index (Phi) is 5.32. The predicted octanol–water partition coefficient (Wildman–Crippen LogP) is 2.69. The van der Waals surface area contributed by atoms with E-state index in [4.69, 9.17) is 14.2 Å². The molecule has 0 aromatic heterocycles. The average molecular weight is 357 g/mol. The van der Waals surface area contributed by atoms with E-state index in [0.717, 1.165) is 28.0 Å². The Labute approximate surface area is 152 Å². The minimum absolute atomic E-state index is 0.360. The lowest BCUT2D eigenvalue weighted by Crippen LogP contribution is -2.41. The lowest BCUT2D eigenvalue weighted by atomic mass is 9.94. The maximum absolute atomic E-state index is 11.4. The average Bonchev–Trinajstić information content (AvgIpc) is 2.65. The monoisotopic (exact) mass is 357 g/mol. The number of aliphatic carboxylic acids is 1. The summed E-state index contributed by atoms with van der Waals surface area (Å²) >= 11 is 0. The number of carbonyl (C=O) groups is 1. The Morgan fingerprint density at radius 3 is 2.58 bits per heavy atom. The van der Waals surface area contributed by atoms with Crippen molar-refractivity contribution >= 4 is 5.97 Å². The van der Waals surface area contributed by atoms with E-state index >= 15 is 0 Å². The van der Waals surface area contributed by atoms with Gasteiger partial charge in [-0.25, -0.2) is 0 Å². The maximum atomic E-state index is 11.4. The number of carboxylic acid groups (broad SMARTS) is 1. The Balaban J connectivity index is 1.87. The van der Waals surface area contributed by atoms with Crippen molar-refractivity contribution in [1.29, 1.82) is 0 Å². The molecule has 6 heteroatoms. The summed E-state index contributed by atoms with van der Waals surface area (Å²) < 4.78 is 16.8. The number of methoxy groups -OCH3 is 2. The molecule has 6 nitrogen and oxygen atoms in total. The summed E-state index contributed by atoms with van der Waals surface area (Å²) in [5.74, 6) is 1.19. The van der Waals surface area contributed by atoms with Crippen LogP contribution < -0.4 is 19.5 Å². The van der Waals surface area contributed by atoms with Crippen molar-refractivity contribution in [3.05, 3.63) is 52.6 Å². The highest BCUT2D eigenvalue weighted by Crippen LogP contribution is 2.37. The topological polar surface area (TPSA) is 77.0 Å². The molecule has 138 valence electrons. The Morgan fingerprint density at radius 2 is 1.92 bits per heavy atom. The van der Waals surface area contributed by atoms with E-state index in [-0.39, 0.29) is 0 Å². The fourth-order valence-electron chi connectivity index (χ4n) is 3.23. The van der Waals surface area contributed by atoms with Gasteiger partial charge in [-0.2, -0.15) is 0 Å². The van der Waals surface area contributed by atoms with Crippen molar-refractivity contribution in [2.75, 3.05) is 14.2 Å². The zero-order valence-electron chi connectivity index (χ0n) is 15.2. The maximum Gasteiger partial charge on any atom is 0.321 e. The van der Waals surface area contributed by atoms with Crippen LogP contribution in [0.2, 0.25) is 0 Å². The van der Waals surface area contributed by atoms with Crippen LogP contribution in [0, 0.1) is 6.92 Å². The molecule has 2 N–H and O–H groups in total. The van der Waals surface area contributed by atoms with Gasteiger partial charge in [0, 0.05) is 18.5 Å². The van der Waals surface area contributed by atoms with E-state index in [1.165, 1.54) is 0 Å². The third-order valence-corrected chi connectivity index (χ3v) is 4.63. The van der Waals surface area contributed by atoms with Crippen LogP contribution in [0.25, 0.3) is 0 Å². The van der Waals surface area contributed by atoms with Crippen molar-refractivity contribution < 1.29 is 24.1 Å². The minimum atomic E-state index is -0.866. The van der Waals surface area contributed by atoms with Gasteiger partial charge in [0.05, 0.1) is 14.2 Å². The molecule has 0 saturated carbocycles. The van der Waals surface area contributed by atoms with Gasteiger partial charge in [-0.05, 0) is 41.8 Å². The molecule has 2 aromatic rings. The zero-order valence-corrected chi connectivity index (χ0v) is 15.2. The molecular weight excluding hydrogens is 334 g/mol. The number of aryl methyl sites for hydroxylation is 1. The molecule has 1 heterocycles. The third-order valence-electron chi connectivity index (χ3n) is 4.63. The molecule has 0 bridgehead atoms. The molecule has 2 aromatic carbocycles. The first-order chi connectivity index (χ1) is 12.5. The Hall–Kier alpha value is -2.73. The van der Waals surface area contributed by atoms with Gasteiger partial charge in [-0.3, -0.25) is 4.79 Å². The van der Waals surface area contributed by atoms with E-state index in [1.54, 1.807) is 14.2 Å². The first-order valence-electron chi connectivity index (χ1n) is 8.44. The second-order valence-corrected chi connectivity index (χ2v) is 6.30. The smallest absolute Gasteiger partial charge is 0.321 e. The van der Waals surface area contributed by atoms with Crippen LogP contribution >= 0.6 is 0 Å². The number of ether oxygens (including phenoxy) is 3. The lowest BCUT2D eigenvalue weighted by molar-refractivity contribution is -0.139. The SMILES string of the molecule is COc1ccc(COc2c(OC)ccc3c2CC(C(=O)O)NC3)cc1C. The van der Waals surface area contributed by atoms with E-state index in [0.29, 0.717) is 31.1 Å². The summed E-state index contributed by atoms with van der Waals surface area (Å²) in [5.41, 5.74) is 3.96. The van der Waals surface area contributed by atoms with Gasteiger partial charge in [0.1, 0.15) is 18.4 Å². The molecule has 0 amide bonds. The van der Waals surface area contributed by atoms with Crippen LogP contribution in [0.5, 0.6) is 17.2 Å². The summed E-state index contributed by atoms with van der Waals surface area (Å²) in [7, 11) is 3.23. The van der Waals surface area contributed by atoms with E-state index < -0.39 is 12.0 Å². The number of rotatable bonds is 6. The molecule has 0 saturated heterocycles. The second kappa shape index (κ2) is 7.66. The van der Waals surface area contributed by atoms with Crippen molar-refractivity contribution in [3.8, 4) is 17.2 Å². The molecule has 0 fully saturated rings. The molecule has 0 radical (unpaired) electrons. The van der Waals surface area contributed by atoms with Crippen LogP contribution in [0.1, 0.15) is 22.3 Å². The molecule has 1 aliphatic heterocycles. The quantitative estimate of drug-likeness (QED) is 0.828. The molecule has 26 heavy (non-hydrogen) atoms. The summed E-state index contributed by atoms with van der Waals surface area (Å²) in [6, 6.07) is 9.06. The normalized spacial score (nSPS) is 15.9. The molecule has 3 rings (SSSR count). The van der Waals surface area contributed by atoms with Gasteiger partial charge in [-0.15, -0.1) is 0 Å². The van der Waals surface area contributed by atoms with Gasteiger partial charge < -0.3 is 24.6 Å². The highest BCUT2D eigenvalue weighted by Gasteiger charge is 2.27. The molecule has 1 aliphatic rings. The van der Waals surface area contributed by atoms with E-state index in [2.05, 4.69) is 5.32 Å². The van der Waals surface area contributed by atoms with Crippen molar-refractivity contribution in [3.63, 3.8) is 0 Å². The van der Waals surface area contributed by atoms with Gasteiger partial charge in [-0.1, -0.05) is 12.1 Å².